The molecule has 0 radical (unpaired) electrons. The van der Waals surface area contributed by atoms with Gasteiger partial charge in [-0.05, 0) is 48.7 Å². The van der Waals surface area contributed by atoms with E-state index in [-0.39, 0.29) is 24.4 Å². The fourth-order valence-corrected chi connectivity index (χ4v) is 4.37. The standard InChI is InChI=1S/C25H29N3O4S/c1-19-7-13-23(14-8-19)33(30,31)28-24(25(29)27-16-15-26)17-20-9-11-22(12-10-20)32-18-21-5-3-2-4-6-21/h2-14,24,28H,15-18,26H2,1H3,(H,27,29). The monoisotopic (exact) mass is 467 g/mol. The van der Waals surface area contributed by atoms with Crippen LogP contribution in [-0.4, -0.2) is 33.5 Å². The maximum absolute atomic E-state index is 12.9. The number of nitrogens with two attached hydrogens (primary N) is 1. The number of sulfonamides is 1. The van der Waals surface area contributed by atoms with Crippen molar-refractivity contribution in [2.45, 2.75) is 30.9 Å². The van der Waals surface area contributed by atoms with E-state index in [0.29, 0.717) is 12.4 Å². The quantitative estimate of drug-likeness (QED) is 0.401. The Bertz CT molecular complexity index is 1130. The first-order valence-electron chi connectivity index (χ1n) is 10.7. The van der Waals surface area contributed by atoms with E-state index in [1.54, 1.807) is 12.1 Å². The van der Waals surface area contributed by atoms with Gasteiger partial charge in [0.15, 0.2) is 0 Å². The van der Waals surface area contributed by atoms with Crippen molar-refractivity contribution in [2.75, 3.05) is 13.1 Å². The number of carbonyl (C=O) groups excluding carboxylic acids is 1. The number of ether oxygens (including phenoxy) is 1. The molecular formula is C25H29N3O4S. The molecule has 4 N–H and O–H groups in total. The Kier molecular flexibility index (Phi) is 8.59. The van der Waals surface area contributed by atoms with Gasteiger partial charge in [-0.2, -0.15) is 4.72 Å². The van der Waals surface area contributed by atoms with Crippen molar-refractivity contribution >= 4 is 15.9 Å². The molecule has 1 atom stereocenters. The summed E-state index contributed by atoms with van der Waals surface area (Å²) in [5.74, 6) is 0.257. The minimum Gasteiger partial charge on any atom is -0.489 e. The number of hydrogen-bond donors (Lipinski definition) is 3. The molecule has 0 fully saturated rings. The molecule has 7 nitrogen and oxygen atoms in total. The van der Waals surface area contributed by atoms with E-state index in [2.05, 4.69) is 10.0 Å². The van der Waals surface area contributed by atoms with Crippen molar-refractivity contribution in [1.82, 2.24) is 10.0 Å². The molecule has 3 rings (SSSR count). The third kappa shape index (κ3) is 7.42. The van der Waals surface area contributed by atoms with Crippen LogP contribution in [0.5, 0.6) is 5.75 Å². The minimum absolute atomic E-state index is 0.106. The predicted molar refractivity (Wildman–Crippen MR) is 128 cm³/mol. The molecule has 0 aromatic heterocycles. The molecule has 174 valence electrons. The first kappa shape index (κ1) is 24.4. The Balaban J connectivity index is 1.70. The van der Waals surface area contributed by atoms with Crippen molar-refractivity contribution in [3.8, 4) is 5.75 Å². The molecule has 0 saturated heterocycles. The van der Waals surface area contributed by atoms with E-state index in [9.17, 15) is 13.2 Å². The number of amides is 1. The Labute approximate surface area is 195 Å². The van der Waals surface area contributed by atoms with E-state index in [0.717, 1.165) is 16.7 Å². The third-order valence-electron chi connectivity index (χ3n) is 5.00. The molecule has 0 aliphatic heterocycles. The summed E-state index contributed by atoms with van der Waals surface area (Å²) in [5, 5.41) is 2.67. The largest absolute Gasteiger partial charge is 0.489 e. The highest BCUT2D eigenvalue weighted by molar-refractivity contribution is 7.89. The summed E-state index contributed by atoms with van der Waals surface area (Å²) >= 11 is 0. The number of rotatable bonds is 11. The lowest BCUT2D eigenvalue weighted by Gasteiger charge is -2.19. The average Bonchev–Trinajstić information content (AvgIpc) is 2.82. The lowest BCUT2D eigenvalue weighted by molar-refractivity contribution is -0.122. The van der Waals surface area contributed by atoms with Crippen LogP contribution in [0.3, 0.4) is 0 Å². The molecule has 33 heavy (non-hydrogen) atoms. The van der Waals surface area contributed by atoms with E-state index >= 15 is 0 Å². The van der Waals surface area contributed by atoms with E-state index in [4.69, 9.17) is 10.5 Å². The molecule has 0 heterocycles. The molecule has 3 aromatic rings. The van der Waals surface area contributed by atoms with Gasteiger partial charge in [-0.15, -0.1) is 0 Å². The molecule has 0 aliphatic rings. The summed E-state index contributed by atoms with van der Waals surface area (Å²) in [6, 6.07) is 22.6. The minimum atomic E-state index is -3.88. The number of carbonyl (C=O) groups is 1. The second-order valence-corrected chi connectivity index (χ2v) is 9.40. The Morgan fingerprint density at radius 1 is 0.939 bits per heavy atom. The van der Waals surface area contributed by atoms with Crippen molar-refractivity contribution in [2.24, 2.45) is 5.73 Å². The van der Waals surface area contributed by atoms with Gasteiger partial charge in [0.2, 0.25) is 15.9 Å². The molecule has 0 saturated carbocycles. The van der Waals surface area contributed by atoms with Gasteiger partial charge in [-0.3, -0.25) is 4.79 Å². The van der Waals surface area contributed by atoms with Crippen LogP contribution < -0.4 is 20.5 Å². The number of aryl methyl sites for hydroxylation is 1. The van der Waals surface area contributed by atoms with E-state index < -0.39 is 22.0 Å². The highest BCUT2D eigenvalue weighted by Gasteiger charge is 2.26. The normalized spacial score (nSPS) is 12.2. The molecule has 3 aromatic carbocycles. The number of nitrogens with one attached hydrogen (secondary N) is 2. The van der Waals surface area contributed by atoms with E-state index in [1.165, 1.54) is 12.1 Å². The van der Waals surface area contributed by atoms with Gasteiger partial charge in [0.25, 0.3) is 0 Å². The summed E-state index contributed by atoms with van der Waals surface area (Å²) in [6.45, 7) is 2.84. The third-order valence-corrected chi connectivity index (χ3v) is 6.49. The summed E-state index contributed by atoms with van der Waals surface area (Å²) in [4.78, 5) is 12.8. The topological polar surface area (TPSA) is 111 Å². The van der Waals surface area contributed by atoms with Gasteiger partial charge >= 0.3 is 0 Å². The van der Waals surface area contributed by atoms with Gasteiger partial charge in [0, 0.05) is 13.1 Å². The average molecular weight is 468 g/mol. The molecule has 0 bridgehead atoms. The Morgan fingerprint density at radius 3 is 2.24 bits per heavy atom. The van der Waals surface area contributed by atoms with Crippen LogP contribution in [0.25, 0.3) is 0 Å². The van der Waals surface area contributed by atoms with Crippen molar-refractivity contribution in [3.63, 3.8) is 0 Å². The molecule has 8 heteroatoms. The summed E-state index contributed by atoms with van der Waals surface area (Å²) in [6.07, 6.45) is 0.181. The smallest absolute Gasteiger partial charge is 0.241 e. The highest BCUT2D eigenvalue weighted by Crippen LogP contribution is 2.17. The van der Waals surface area contributed by atoms with Gasteiger partial charge in [-0.1, -0.05) is 60.2 Å². The van der Waals surface area contributed by atoms with Crippen LogP contribution in [0, 0.1) is 6.92 Å². The summed E-state index contributed by atoms with van der Waals surface area (Å²) in [7, 11) is -3.88. The van der Waals surface area contributed by atoms with Crippen LogP contribution >= 0.6 is 0 Å². The number of benzene rings is 3. The van der Waals surface area contributed by atoms with Crippen LogP contribution in [0.2, 0.25) is 0 Å². The number of hydrogen-bond acceptors (Lipinski definition) is 5. The van der Waals surface area contributed by atoms with Crippen molar-refractivity contribution in [1.29, 1.82) is 0 Å². The lowest BCUT2D eigenvalue weighted by Crippen LogP contribution is -2.48. The highest BCUT2D eigenvalue weighted by atomic mass is 32.2. The predicted octanol–water partition coefficient (Wildman–Crippen LogP) is 2.54. The van der Waals surface area contributed by atoms with Gasteiger partial charge in [0.1, 0.15) is 18.4 Å². The molecule has 0 aliphatic carbocycles. The zero-order chi connectivity index (χ0) is 23.7. The first-order chi connectivity index (χ1) is 15.9. The zero-order valence-electron chi connectivity index (χ0n) is 18.5. The van der Waals surface area contributed by atoms with Crippen LogP contribution in [-0.2, 0) is 27.8 Å². The van der Waals surface area contributed by atoms with Gasteiger partial charge in [-0.25, -0.2) is 8.42 Å². The first-order valence-corrected chi connectivity index (χ1v) is 12.2. The van der Waals surface area contributed by atoms with Crippen LogP contribution in [0.15, 0.2) is 83.8 Å². The summed E-state index contributed by atoms with van der Waals surface area (Å²) < 4.78 is 34.1. The molecule has 0 spiro atoms. The van der Waals surface area contributed by atoms with Crippen LogP contribution in [0.4, 0.5) is 0 Å². The fourth-order valence-electron chi connectivity index (χ4n) is 3.18. The molecular weight excluding hydrogens is 438 g/mol. The lowest BCUT2D eigenvalue weighted by atomic mass is 10.1. The SMILES string of the molecule is Cc1ccc(S(=O)(=O)NC(Cc2ccc(OCc3ccccc3)cc2)C(=O)NCCN)cc1. The van der Waals surface area contributed by atoms with Gasteiger partial charge < -0.3 is 15.8 Å². The maximum Gasteiger partial charge on any atom is 0.241 e. The zero-order valence-corrected chi connectivity index (χ0v) is 19.3. The summed E-state index contributed by atoms with van der Waals surface area (Å²) in [5.41, 5.74) is 8.28. The molecule has 1 amide bonds. The second-order valence-electron chi connectivity index (χ2n) is 7.69. The van der Waals surface area contributed by atoms with Crippen molar-refractivity contribution in [3.05, 3.63) is 95.6 Å². The second kappa shape index (κ2) is 11.6. The van der Waals surface area contributed by atoms with E-state index in [1.807, 2.05) is 61.5 Å². The fraction of sp³-hybridized carbons (Fsp3) is 0.240. The van der Waals surface area contributed by atoms with Gasteiger partial charge in [0.05, 0.1) is 4.90 Å². The van der Waals surface area contributed by atoms with Crippen LogP contribution in [0.1, 0.15) is 16.7 Å². The Morgan fingerprint density at radius 2 is 1.61 bits per heavy atom. The molecule has 1 unspecified atom stereocenters. The Hall–Kier alpha value is -3.20. The van der Waals surface area contributed by atoms with Crippen molar-refractivity contribution < 1.29 is 17.9 Å². The maximum atomic E-state index is 12.9.